The maximum absolute atomic E-state index is 5.62. The van der Waals surface area contributed by atoms with Crippen molar-refractivity contribution in [2.75, 3.05) is 19.8 Å². The fourth-order valence-electron chi connectivity index (χ4n) is 2.06. The van der Waals surface area contributed by atoms with Crippen LogP contribution in [0, 0.1) is 5.92 Å². The third-order valence-corrected chi connectivity index (χ3v) is 3.64. The van der Waals surface area contributed by atoms with E-state index in [4.69, 9.17) is 4.74 Å². The molecule has 1 unspecified atom stereocenters. The first-order valence-corrected chi connectivity index (χ1v) is 7.91. The lowest BCUT2D eigenvalue weighted by Crippen LogP contribution is -2.23. The van der Waals surface area contributed by atoms with Gasteiger partial charge in [-0.2, -0.15) is 0 Å². The van der Waals surface area contributed by atoms with E-state index in [2.05, 4.69) is 64.2 Å². The second-order valence-corrected chi connectivity index (χ2v) is 6.29. The van der Waals surface area contributed by atoms with Crippen LogP contribution in [0.1, 0.15) is 64.1 Å². The first-order chi connectivity index (χ1) is 9.50. The zero-order valence-corrected chi connectivity index (χ0v) is 13.8. The Morgan fingerprint density at radius 1 is 0.900 bits per heavy atom. The highest BCUT2D eigenvalue weighted by Crippen LogP contribution is 2.18. The summed E-state index contributed by atoms with van der Waals surface area (Å²) in [4.78, 5) is 0. The molecule has 0 heterocycles. The number of rotatable bonds is 9. The van der Waals surface area contributed by atoms with Crippen molar-refractivity contribution in [1.29, 1.82) is 0 Å². The lowest BCUT2D eigenvalue weighted by molar-refractivity contribution is 0.123. The standard InChI is InChI=1S/C18H31NO/c1-14(2)10-12-20-13-11-19-16(5)18-8-6-17(7-9-18)15(3)4/h6-9,14-16,19H,10-13H2,1-5H3. The van der Waals surface area contributed by atoms with E-state index < -0.39 is 0 Å². The van der Waals surface area contributed by atoms with E-state index in [1.807, 2.05) is 0 Å². The number of benzene rings is 1. The predicted molar refractivity (Wildman–Crippen MR) is 87.2 cm³/mol. The van der Waals surface area contributed by atoms with Crippen LogP contribution in [0.2, 0.25) is 0 Å². The summed E-state index contributed by atoms with van der Waals surface area (Å²) in [7, 11) is 0. The van der Waals surface area contributed by atoms with Gasteiger partial charge in [0, 0.05) is 19.2 Å². The van der Waals surface area contributed by atoms with Crippen molar-refractivity contribution in [3.63, 3.8) is 0 Å². The Bertz CT molecular complexity index is 356. The van der Waals surface area contributed by atoms with Gasteiger partial charge in [0.2, 0.25) is 0 Å². The van der Waals surface area contributed by atoms with Gasteiger partial charge in [0.25, 0.3) is 0 Å². The maximum Gasteiger partial charge on any atom is 0.0591 e. The van der Waals surface area contributed by atoms with Gasteiger partial charge in [0.05, 0.1) is 6.61 Å². The zero-order chi connectivity index (χ0) is 15.0. The second-order valence-electron chi connectivity index (χ2n) is 6.29. The molecule has 0 amide bonds. The van der Waals surface area contributed by atoms with Crippen LogP contribution in [0.5, 0.6) is 0 Å². The van der Waals surface area contributed by atoms with E-state index in [9.17, 15) is 0 Å². The molecule has 0 aromatic heterocycles. The third-order valence-electron chi connectivity index (χ3n) is 3.64. The summed E-state index contributed by atoms with van der Waals surface area (Å²) in [6, 6.07) is 9.30. The smallest absolute Gasteiger partial charge is 0.0591 e. The summed E-state index contributed by atoms with van der Waals surface area (Å²) in [5.74, 6) is 1.32. The molecule has 1 aromatic carbocycles. The molecule has 0 fully saturated rings. The van der Waals surface area contributed by atoms with Gasteiger partial charge in [-0.25, -0.2) is 0 Å². The summed E-state index contributed by atoms with van der Waals surface area (Å²) < 4.78 is 5.62. The molecule has 0 bridgehead atoms. The van der Waals surface area contributed by atoms with Crippen LogP contribution in [0.15, 0.2) is 24.3 Å². The molecular weight excluding hydrogens is 246 g/mol. The van der Waals surface area contributed by atoms with Crippen molar-refractivity contribution in [2.45, 2.75) is 53.0 Å². The van der Waals surface area contributed by atoms with Crippen molar-refractivity contribution < 1.29 is 4.74 Å². The van der Waals surface area contributed by atoms with Crippen LogP contribution in [0.25, 0.3) is 0 Å². The molecule has 0 aliphatic carbocycles. The molecule has 0 spiro atoms. The zero-order valence-electron chi connectivity index (χ0n) is 13.8. The Morgan fingerprint density at radius 3 is 2.05 bits per heavy atom. The van der Waals surface area contributed by atoms with Crippen molar-refractivity contribution in [1.82, 2.24) is 5.32 Å². The van der Waals surface area contributed by atoms with Gasteiger partial charge >= 0.3 is 0 Å². The highest BCUT2D eigenvalue weighted by molar-refractivity contribution is 5.26. The lowest BCUT2D eigenvalue weighted by Gasteiger charge is -2.15. The maximum atomic E-state index is 5.62. The van der Waals surface area contributed by atoms with Gasteiger partial charge in [-0.3, -0.25) is 0 Å². The van der Waals surface area contributed by atoms with Gasteiger partial charge in [0.1, 0.15) is 0 Å². The van der Waals surface area contributed by atoms with Crippen molar-refractivity contribution in [3.8, 4) is 0 Å². The summed E-state index contributed by atoms with van der Waals surface area (Å²) in [5, 5.41) is 3.51. The highest BCUT2D eigenvalue weighted by atomic mass is 16.5. The topological polar surface area (TPSA) is 21.3 Å². The summed E-state index contributed by atoms with van der Waals surface area (Å²) >= 11 is 0. The van der Waals surface area contributed by atoms with Gasteiger partial charge < -0.3 is 10.1 Å². The molecule has 0 aliphatic heterocycles. The molecule has 0 saturated heterocycles. The molecule has 114 valence electrons. The molecular formula is C18H31NO. The average molecular weight is 277 g/mol. The normalized spacial score (nSPS) is 13.2. The fourth-order valence-corrected chi connectivity index (χ4v) is 2.06. The third kappa shape index (κ3) is 6.53. The number of ether oxygens (including phenoxy) is 1. The van der Waals surface area contributed by atoms with Crippen LogP contribution in [-0.2, 0) is 4.74 Å². The minimum absolute atomic E-state index is 0.380. The molecule has 20 heavy (non-hydrogen) atoms. The van der Waals surface area contributed by atoms with Gasteiger partial charge in [-0.1, -0.05) is 52.0 Å². The Kier molecular flexibility index (Phi) is 7.86. The molecule has 1 N–H and O–H groups in total. The van der Waals surface area contributed by atoms with Crippen LogP contribution < -0.4 is 5.32 Å². The number of hydrogen-bond donors (Lipinski definition) is 1. The first kappa shape index (κ1) is 17.2. The van der Waals surface area contributed by atoms with E-state index in [1.165, 1.54) is 11.1 Å². The minimum Gasteiger partial charge on any atom is -0.380 e. The molecule has 2 heteroatoms. The van der Waals surface area contributed by atoms with Gasteiger partial charge in [-0.15, -0.1) is 0 Å². The molecule has 1 aromatic rings. The molecule has 0 radical (unpaired) electrons. The number of nitrogens with one attached hydrogen (secondary N) is 1. The molecule has 1 rings (SSSR count). The van der Waals surface area contributed by atoms with E-state index >= 15 is 0 Å². The van der Waals surface area contributed by atoms with Crippen molar-refractivity contribution in [3.05, 3.63) is 35.4 Å². The summed E-state index contributed by atoms with van der Waals surface area (Å²) in [6.45, 7) is 13.7. The van der Waals surface area contributed by atoms with Crippen LogP contribution in [-0.4, -0.2) is 19.8 Å². The highest BCUT2D eigenvalue weighted by Gasteiger charge is 2.05. The average Bonchev–Trinajstić information content (AvgIpc) is 2.42. The fraction of sp³-hybridized carbons (Fsp3) is 0.667. The van der Waals surface area contributed by atoms with Gasteiger partial charge in [-0.05, 0) is 36.3 Å². The quantitative estimate of drug-likeness (QED) is 0.670. The minimum atomic E-state index is 0.380. The van der Waals surface area contributed by atoms with Crippen LogP contribution in [0.4, 0.5) is 0 Å². The second kappa shape index (κ2) is 9.15. The van der Waals surface area contributed by atoms with Crippen LogP contribution >= 0.6 is 0 Å². The van der Waals surface area contributed by atoms with Gasteiger partial charge in [0.15, 0.2) is 0 Å². The number of hydrogen-bond acceptors (Lipinski definition) is 2. The Labute approximate surface area is 124 Å². The monoisotopic (exact) mass is 277 g/mol. The molecule has 0 aliphatic rings. The van der Waals surface area contributed by atoms with Crippen molar-refractivity contribution >= 4 is 0 Å². The summed E-state index contributed by atoms with van der Waals surface area (Å²) in [5.41, 5.74) is 2.74. The Balaban J connectivity index is 2.23. The lowest BCUT2D eigenvalue weighted by atomic mass is 10.00. The van der Waals surface area contributed by atoms with E-state index in [0.29, 0.717) is 12.0 Å². The van der Waals surface area contributed by atoms with Crippen LogP contribution in [0.3, 0.4) is 0 Å². The van der Waals surface area contributed by atoms with E-state index in [-0.39, 0.29) is 0 Å². The molecule has 0 saturated carbocycles. The molecule has 1 atom stereocenters. The Hall–Kier alpha value is -0.860. The Morgan fingerprint density at radius 2 is 1.50 bits per heavy atom. The predicted octanol–water partition coefficient (Wildman–Crippen LogP) is 4.52. The van der Waals surface area contributed by atoms with E-state index in [1.54, 1.807) is 0 Å². The first-order valence-electron chi connectivity index (χ1n) is 7.91. The summed E-state index contributed by atoms with van der Waals surface area (Å²) in [6.07, 6.45) is 1.15. The van der Waals surface area contributed by atoms with E-state index in [0.717, 1.165) is 32.1 Å². The largest absolute Gasteiger partial charge is 0.380 e. The molecule has 2 nitrogen and oxygen atoms in total. The SMILES string of the molecule is CC(C)CCOCCNC(C)c1ccc(C(C)C)cc1. The van der Waals surface area contributed by atoms with Crippen molar-refractivity contribution in [2.24, 2.45) is 5.92 Å².